The molecule has 1 N–H and O–H groups in total. The Morgan fingerprint density at radius 1 is 0.947 bits per heavy atom. The maximum atomic E-state index is 13.5. The third kappa shape index (κ3) is 3.29. The zero-order valence-electron chi connectivity index (χ0n) is 10.2. The molecule has 0 aromatic heterocycles. The number of hydrogen-bond donors (Lipinski definition) is 1. The summed E-state index contributed by atoms with van der Waals surface area (Å²) in [7, 11) is 0. The van der Waals surface area contributed by atoms with Gasteiger partial charge in [0.25, 0.3) is 5.92 Å². The van der Waals surface area contributed by atoms with Crippen molar-refractivity contribution in [2.45, 2.75) is 12.5 Å². The topological polar surface area (TPSA) is 29.5 Å². The minimum absolute atomic E-state index is 0.0883. The van der Waals surface area contributed by atoms with E-state index in [1.54, 1.807) is 6.07 Å². The van der Waals surface area contributed by atoms with E-state index in [9.17, 15) is 8.78 Å². The van der Waals surface area contributed by atoms with E-state index in [-0.39, 0.29) is 17.9 Å². The van der Waals surface area contributed by atoms with Gasteiger partial charge in [-0.25, -0.2) is 0 Å². The molecule has 0 saturated heterocycles. The molecule has 0 aliphatic rings. The Hall–Kier alpha value is -1.94. The molecule has 19 heavy (non-hydrogen) atoms. The van der Waals surface area contributed by atoms with Gasteiger partial charge in [-0.1, -0.05) is 42.5 Å². The zero-order chi connectivity index (χ0) is 13.7. The highest BCUT2D eigenvalue weighted by atomic mass is 19.3. The highest BCUT2D eigenvalue weighted by molar-refractivity contribution is 5.37. The van der Waals surface area contributed by atoms with E-state index in [1.165, 1.54) is 18.2 Å². The lowest BCUT2D eigenvalue weighted by molar-refractivity contribution is -0.0575. The molecule has 2 nitrogen and oxygen atoms in total. The first-order valence-corrected chi connectivity index (χ1v) is 5.88. The third-order valence-corrected chi connectivity index (χ3v) is 2.72. The van der Waals surface area contributed by atoms with E-state index in [4.69, 9.17) is 9.84 Å². The van der Waals surface area contributed by atoms with Crippen molar-refractivity contribution in [3.63, 3.8) is 0 Å². The Morgan fingerprint density at radius 2 is 1.58 bits per heavy atom. The summed E-state index contributed by atoms with van der Waals surface area (Å²) < 4.78 is 32.5. The first-order chi connectivity index (χ1) is 9.13. The molecule has 0 heterocycles. The van der Waals surface area contributed by atoms with E-state index in [2.05, 4.69) is 0 Å². The molecule has 0 spiro atoms. The molecule has 2 aromatic rings. The summed E-state index contributed by atoms with van der Waals surface area (Å²) in [5.41, 5.74) is 0.595. The monoisotopic (exact) mass is 264 g/mol. The molecule has 0 amide bonds. The molecule has 0 bridgehead atoms. The fraction of sp³-hybridized carbons (Fsp3) is 0.200. The van der Waals surface area contributed by atoms with E-state index in [0.29, 0.717) is 0 Å². The quantitative estimate of drug-likeness (QED) is 0.897. The molecule has 0 saturated carbocycles. The van der Waals surface area contributed by atoms with Crippen molar-refractivity contribution < 1.29 is 18.6 Å². The van der Waals surface area contributed by atoms with Gasteiger partial charge >= 0.3 is 0 Å². The lowest BCUT2D eigenvalue weighted by atomic mass is 10.1. The molecule has 0 aliphatic carbocycles. The van der Waals surface area contributed by atoms with Gasteiger partial charge in [-0.2, -0.15) is 8.78 Å². The molecule has 100 valence electrons. The van der Waals surface area contributed by atoms with E-state index < -0.39 is 12.5 Å². The number of aliphatic hydroxyl groups is 1. The normalized spacial score (nSPS) is 11.3. The number of hydrogen-bond acceptors (Lipinski definition) is 2. The van der Waals surface area contributed by atoms with Crippen molar-refractivity contribution in [2.75, 3.05) is 6.61 Å². The molecule has 0 fully saturated rings. The van der Waals surface area contributed by atoms with Gasteiger partial charge in [-0.05, 0) is 17.7 Å². The summed E-state index contributed by atoms with van der Waals surface area (Å²) in [6.07, 6.45) is 0. The number of para-hydroxylation sites is 1. The molecule has 2 rings (SSSR count). The molecular formula is C15H14F2O2. The Balaban J connectivity index is 2.17. The smallest absolute Gasteiger partial charge is 0.299 e. The second-order valence-corrected chi connectivity index (χ2v) is 4.13. The highest BCUT2D eigenvalue weighted by Crippen LogP contribution is 2.34. The SMILES string of the molecule is OCC(F)(F)c1ccccc1OCc1ccccc1. The minimum atomic E-state index is -3.30. The lowest BCUT2D eigenvalue weighted by Gasteiger charge is -2.18. The standard InChI is InChI=1S/C15H14F2O2/c16-15(17,11-18)13-8-4-5-9-14(13)19-10-12-6-2-1-3-7-12/h1-9,18H,10-11H2. The van der Waals surface area contributed by atoms with E-state index in [0.717, 1.165) is 5.56 Å². The van der Waals surface area contributed by atoms with Crippen LogP contribution in [0.2, 0.25) is 0 Å². The highest BCUT2D eigenvalue weighted by Gasteiger charge is 2.33. The number of aliphatic hydroxyl groups excluding tert-OH is 1. The summed E-state index contributed by atoms with van der Waals surface area (Å²) in [5, 5.41) is 8.75. The maximum Gasteiger partial charge on any atom is 0.299 e. The van der Waals surface area contributed by atoms with Crippen LogP contribution < -0.4 is 4.74 Å². The maximum absolute atomic E-state index is 13.5. The number of alkyl halides is 2. The lowest BCUT2D eigenvalue weighted by Crippen LogP contribution is -2.19. The predicted octanol–water partition coefficient (Wildman–Crippen LogP) is 3.35. The van der Waals surface area contributed by atoms with Gasteiger partial charge in [0.05, 0.1) is 5.56 Å². The average Bonchev–Trinajstić information content (AvgIpc) is 2.46. The molecule has 0 unspecified atom stereocenters. The Morgan fingerprint density at radius 3 is 2.26 bits per heavy atom. The van der Waals surface area contributed by atoms with Crippen LogP contribution in [0, 0.1) is 0 Å². The van der Waals surface area contributed by atoms with Crippen molar-refractivity contribution in [1.29, 1.82) is 0 Å². The van der Waals surface area contributed by atoms with Gasteiger partial charge < -0.3 is 9.84 Å². The molecule has 2 aromatic carbocycles. The van der Waals surface area contributed by atoms with Crippen LogP contribution in [0.5, 0.6) is 5.75 Å². The Bertz CT molecular complexity index is 527. The Kier molecular flexibility index (Phi) is 4.12. The Labute approximate surface area is 110 Å². The largest absolute Gasteiger partial charge is 0.488 e. The molecule has 0 atom stereocenters. The van der Waals surface area contributed by atoms with Crippen LogP contribution in [0.15, 0.2) is 54.6 Å². The van der Waals surface area contributed by atoms with Crippen molar-refractivity contribution >= 4 is 0 Å². The van der Waals surface area contributed by atoms with Crippen LogP contribution in [0.3, 0.4) is 0 Å². The van der Waals surface area contributed by atoms with Crippen molar-refractivity contribution in [1.82, 2.24) is 0 Å². The van der Waals surface area contributed by atoms with Crippen LogP contribution in [0.25, 0.3) is 0 Å². The summed E-state index contributed by atoms with van der Waals surface area (Å²) in [4.78, 5) is 0. The van der Waals surface area contributed by atoms with Crippen molar-refractivity contribution in [2.24, 2.45) is 0 Å². The second-order valence-electron chi connectivity index (χ2n) is 4.13. The van der Waals surface area contributed by atoms with E-state index in [1.807, 2.05) is 30.3 Å². The summed E-state index contributed by atoms with van der Waals surface area (Å²) in [5.74, 6) is -3.21. The van der Waals surface area contributed by atoms with Crippen molar-refractivity contribution in [3.05, 3.63) is 65.7 Å². The van der Waals surface area contributed by atoms with Crippen LogP contribution in [-0.2, 0) is 12.5 Å². The van der Waals surface area contributed by atoms with Gasteiger partial charge in [0.2, 0.25) is 0 Å². The first-order valence-electron chi connectivity index (χ1n) is 5.88. The number of benzene rings is 2. The van der Waals surface area contributed by atoms with Crippen LogP contribution in [0.1, 0.15) is 11.1 Å². The molecule has 4 heteroatoms. The summed E-state index contributed by atoms with van der Waals surface area (Å²) in [6, 6.07) is 15.1. The van der Waals surface area contributed by atoms with Gasteiger partial charge in [0.15, 0.2) is 0 Å². The number of rotatable bonds is 5. The van der Waals surface area contributed by atoms with E-state index >= 15 is 0 Å². The predicted molar refractivity (Wildman–Crippen MR) is 68.2 cm³/mol. The third-order valence-electron chi connectivity index (χ3n) is 2.72. The average molecular weight is 264 g/mol. The fourth-order valence-corrected chi connectivity index (χ4v) is 1.72. The summed E-state index contributed by atoms with van der Waals surface area (Å²) >= 11 is 0. The molecule has 0 aliphatic heterocycles. The van der Waals surface area contributed by atoms with Crippen LogP contribution >= 0.6 is 0 Å². The summed E-state index contributed by atoms with van der Waals surface area (Å²) in [6.45, 7) is -1.03. The zero-order valence-corrected chi connectivity index (χ0v) is 10.2. The van der Waals surface area contributed by atoms with Crippen molar-refractivity contribution in [3.8, 4) is 5.75 Å². The van der Waals surface area contributed by atoms with Gasteiger partial charge in [-0.3, -0.25) is 0 Å². The molecular weight excluding hydrogens is 250 g/mol. The first kappa shape index (κ1) is 13.5. The number of ether oxygens (including phenoxy) is 1. The minimum Gasteiger partial charge on any atom is -0.488 e. The number of halogens is 2. The van der Waals surface area contributed by atoms with Crippen LogP contribution in [0.4, 0.5) is 8.78 Å². The fourth-order valence-electron chi connectivity index (χ4n) is 1.72. The van der Waals surface area contributed by atoms with Gasteiger partial charge in [-0.15, -0.1) is 0 Å². The van der Waals surface area contributed by atoms with Gasteiger partial charge in [0, 0.05) is 0 Å². The molecule has 0 radical (unpaired) electrons. The second kappa shape index (κ2) is 5.80. The van der Waals surface area contributed by atoms with Gasteiger partial charge in [0.1, 0.15) is 19.0 Å². The van der Waals surface area contributed by atoms with Crippen LogP contribution in [-0.4, -0.2) is 11.7 Å².